The van der Waals surface area contributed by atoms with Crippen LogP contribution in [0.3, 0.4) is 0 Å². The molecule has 4 N–H and O–H groups in total. The summed E-state index contributed by atoms with van der Waals surface area (Å²) in [6, 6.07) is 8.06. The number of para-hydroxylation sites is 2. The number of imidazole rings is 1. The van der Waals surface area contributed by atoms with Crippen molar-refractivity contribution in [2.24, 2.45) is 0 Å². The minimum Gasteiger partial charge on any atom is -0.357 e. The molecule has 0 unspecified atom stereocenters. The van der Waals surface area contributed by atoms with Crippen molar-refractivity contribution in [1.82, 2.24) is 9.97 Å². The molecule has 0 radical (unpaired) electrons. The van der Waals surface area contributed by atoms with Crippen molar-refractivity contribution in [3.63, 3.8) is 0 Å². The van der Waals surface area contributed by atoms with Gasteiger partial charge in [0.25, 0.3) is 0 Å². The molecule has 2 rings (SSSR count). The van der Waals surface area contributed by atoms with E-state index in [0.29, 0.717) is 0 Å². The molecule has 0 saturated carbocycles. The number of benzene rings is 1. The summed E-state index contributed by atoms with van der Waals surface area (Å²) in [5, 5.41) is 0.991. The lowest BCUT2D eigenvalue weighted by molar-refractivity contribution is -0.360. The lowest BCUT2D eigenvalue weighted by atomic mass is 10.3. The van der Waals surface area contributed by atoms with Crippen molar-refractivity contribution in [2.45, 2.75) is 5.16 Å². The Morgan fingerprint density at radius 1 is 1.38 bits per heavy atom. The number of fused-ring (bicyclic) bond motifs is 1. The summed E-state index contributed by atoms with van der Waals surface area (Å²) in [5.41, 5.74) is 5.93. The van der Waals surface area contributed by atoms with Crippen LogP contribution in [-0.4, -0.2) is 22.3 Å². The average molecular weight is 194 g/mol. The highest BCUT2D eigenvalue weighted by molar-refractivity contribution is 7.99. The number of nitrogens with zero attached hydrogens (tertiary/aromatic N) is 1. The van der Waals surface area contributed by atoms with Crippen molar-refractivity contribution in [3.8, 4) is 0 Å². The van der Waals surface area contributed by atoms with Crippen LogP contribution in [0.15, 0.2) is 29.4 Å². The molecule has 0 bridgehead atoms. The molecule has 1 aromatic carbocycles. The summed E-state index contributed by atoms with van der Waals surface area (Å²) in [4.78, 5) is 7.68. The summed E-state index contributed by atoms with van der Waals surface area (Å²) >= 11 is 1.72. The van der Waals surface area contributed by atoms with E-state index in [0.717, 1.165) is 28.5 Å². The Labute approximate surface area is 80.7 Å². The first-order valence-electron chi connectivity index (χ1n) is 4.27. The SMILES string of the molecule is [NH3+]CCSc1nc2ccccc2[nH]1. The van der Waals surface area contributed by atoms with Gasteiger partial charge in [0.1, 0.15) is 0 Å². The van der Waals surface area contributed by atoms with Crippen LogP contribution >= 0.6 is 11.8 Å². The zero-order chi connectivity index (χ0) is 9.10. The maximum absolute atomic E-state index is 4.43. The van der Waals surface area contributed by atoms with Crippen LogP contribution in [0.5, 0.6) is 0 Å². The summed E-state index contributed by atoms with van der Waals surface area (Å²) in [5.74, 6) is 1.01. The van der Waals surface area contributed by atoms with Gasteiger partial charge in [-0.25, -0.2) is 4.98 Å². The Morgan fingerprint density at radius 3 is 3.00 bits per heavy atom. The third kappa shape index (κ3) is 1.84. The van der Waals surface area contributed by atoms with Crippen molar-refractivity contribution < 1.29 is 5.73 Å². The van der Waals surface area contributed by atoms with E-state index in [1.807, 2.05) is 24.3 Å². The van der Waals surface area contributed by atoms with Crippen molar-refractivity contribution in [1.29, 1.82) is 0 Å². The predicted molar refractivity (Wildman–Crippen MR) is 54.6 cm³/mol. The normalized spacial score (nSPS) is 10.8. The maximum atomic E-state index is 4.43. The molecule has 4 heteroatoms. The van der Waals surface area contributed by atoms with Crippen LogP contribution < -0.4 is 5.73 Å². The van der Waals surface area contributed by atoms with E-state index in [-0.39, 0.29) is 0 Å². The Kier molecular flexibility index (Phi) is 2.52. The smallest absolute Gasteiger partial charge is 0.166 e. The topological polar surface area (TPSA) is 56.3 Å². The lowest BCUT2D eigenvalue weighted by Gasteiger charge is -1.89. The molecule has 68 valence electrons. The Bertz CT molecular complexity index is 363. The molecule has 0 aliphatic carbocycles. The van der Waals surface area contributed by atoms with Gasteiger partial charge in [0.15, 0.2) is 5.16 Å². The van der Waals surface area contributed by atoms with E-state index in [1.165, 1.54) is 0 Å². The molecule has 2 aromatic rings. The van der Waals surface area contributed by atoms with Crippen LogP contribution in [-0.2, 0) is 0 Å². The van der Waals surface area contributed by atoms with Crippen molar-refractivity contribution in [2.75, 3.05) is 12.3 Å². The van der Waals surface area contributed by atoms with Crippen LogP contribution in [0.2, 0.25) is 0 Å². The molecule has 1 heterocycles. The monoisotopic (exact) mass is 194 g/mol. The lowest BCUT2D eigenvalue weighted by Crippen LogP contribution is -2.51. The fraction of sp³-hybridized carbons (Fsp3) is 0.222. The standard InChI is InChI=1S/C9H11N3S/c10-5-6-13-9-11-7-3-1-2-4-8(7)12-9/h1-4H,5-6,10H2,(H,11,12)/p+1. The largest absolute Gasteiger partial charge is 0.357 e. The third-order valence-electron chi connectivity index (χ3n) is 1.75. The molecule has 0 saturated heterocycles. The van der Waals surface area contributed by atoms with Gasteiger partial charge in [-0.3, -0.25) is 0 Å². The van der Waals surface area contributed by atoms with Gasteiger partial charge >= 0.3 is 0 Å². The van der Waals surface area contributed by atoms with Gasteiger partial charge < -0.3 is 10.7 Å². The Morgan fingerprint density at radius 2 is 2.23 bits per heavy atom. The summed E-state index contributed by atoms with van der Waals surface area (Å²) < 4.78 is 0. The van der Waals surface area contributed by atoms with Crippen LogP contribution in [0.4, 0.5) is 0 Å². The van der Waals surface area contributed by atoms with Gasteiger partial charge in [0, 0.05) is 0 Å². The molecule has 0 aliphatic heterocycles. The molecule has 0 fully saturated rings. The van der Waals surface area contributed by atoms with Crippen LogP contribution in [0.25, 0.3) is 11.0 Å². The van der Waals surface area contributed by atoms with E-state index >= 15 is 0 Å². The van der Waals surface area contributed by atoms with E-state index in [2.05, 4.69) is 15.7 Å². The quantitative estimate of drug-likeness (QED) is 0.713. The van der Waals surface area contributed by atoms with Gasteiger partial charge in [0.05, 0.1) is 23.3 Å². The van der Waals surface area contributed by atoms with Crippen molar-refractivity contribution >= 4 is 22.8 Å². The molecule has 0 spiro atoms. The second-order valence-electron chi connectivity index (χ2n) is 2.76. The Hall–Kier alpha value is -1.00. The number of aromatic nitrogens is 2. The van der Waals surface area contributed by atoms with Gasteiger partial charge in [-0.1, -0.05) is 23.9 Å². The predicted octanol–water partition coefficient (Wildman–Crippen LogP) is 0.897. The molecule has 3 nitrogen and oxygen atoms in total. The second kappa shape index (κ2) is 3.81. The van der Waals surface area contributed by atoms with Gasteiger partial charge in [0.2, 0.25) is 0 Å². The number of hydrogen-bond donors (Lipinski definition) is 2. The van der Waals surface area contributed by atoms with E-state index < -0.39 is 0 Å². The molecule has 0 atom stereocenters. The van der Waals surface area contributed by atoms with E-state index in [9.17, 15) is 0 Å². The first-order valence-corrected chi connectivity index (χ1v) is 5.25. The van der Waals surface area contributed by atoms with Crippen LogP contribution in [0.1, 0.15) is 0 Å². The first-order chi connectivity index (χ1) is 6.40. The highest BCUT2D eigenvalue weighted by Crippen LogP contribution is 2.17. The highest BCUT2D eigenvalue weighted by Gasteiger charge is 2.01. The number of quaternary nitrogens is 1. The van der Waals surface area contributed by atoms with Gasteiger partial charge in [-0.05, 0) is 12.1 Å². The van der Waals surface area contributed by atoms with E-state index in [4.69, 9.17) is 0 Å². The number of nitrogens with one attached hydrogen (secondary N) is 1. The van der Waals surface area contributed by atoms with E-state index in [1.54, 1.807) is 11.8 Å². The molecule has 1 aromatic heterocycles. The van der Waals surface area contributed by atoms with Crippen LogP contribution in [0, 0.1) is 0 Å². The minimum absolute atomic E-state index is 0.932. The fourth-order valence-corrected chi connectivity index (χ4v) is 1.85. The summed E-state index contributed by atoms with van der Waals surface area (Å²) in [7, 11) is 0. The summed E-state index contributed by atoms with van der Waals surface area (Å²) in [6.07, 6.45) is 0. The van der Waals surface area contributed by atoms with Gasteiger partial charge in [-0.2, -0.15) is 0 Å². The number of aromatic amines is 1. The number of rotatable bonds is 3. The number of H-pyrrole nitrogens is 1. The fourth-order valence-electron chi connectivity index (χ4n) is 1.17. The summed E-state index contributed by atoms with van der Waals surface area (Å²) in [6.45, 7) is 0.932. The number of thioether (sulfide) groups is 1. The molecule has 13 heavy (non-hydrogen) atoms. The molecule has 0 amide bonds. The second-order valence-corrected chi connectivity index (χ2v) is 3.84. The third-order valence-corrected chi connectivity index (χ3v) is 2.71. The highest BCUT2D eigenvalue weighted by atomic mass is 32.2. The maximum Gasteiger partial charge on any atom is 0.166 e. The zero-order valence-corrected chi connectivity index (χ0v) is 8.10. The number of hydrogen-bond acceptors (Lipinski definition) is 2. The Balaban J connectivity index is 2.28. The first kappa shape index (κ1) is 8.59. The average Bonchev–Trinajstić information content (AvgIpc) is 2.57. The minimum atomic E-state index is 0.932. The molecular weight excluding hydrogens is 182 g/mol. The molecule has 0 aliphatic rings. The van der Waals surface area contributed by atoms with Gasteiger partial charge in [-0.15, -0.1) is 0 Å². The zero-order valence-electron chi connectivity index (χ0n) is 7.29. The van der Waals surface area contributed by atoms with Crippen molar-refractivity contribution in [3.05, 3.63) is 24.3 Å². The molecular formula is C9H12N3S+.